The first kappa shape index (κ1) is 24.0. The van der Waals surface area contributed by atoms with Crippen LogP contribution in [0, 0.1) is 5.82 Å². The summed E-state index contributed by atoms with van der Waals surface area (Å²) in [6, 6.07) is 8.65. The molecule has 0 unspecified atom stereocenters. The zero-order valence-corrected chi connectivity index (χ0v) is 18.2. The third-order valence-corrected chi connectivity index (χ3v) is 4.20. The highest BCUT2D eigenvalue weighted by molar-refractivity contribution is 6.03. The Hall–Kier alpha value is -3.26. The van der Waals surface area contributed by atoms with Crippen molar-refractivity contribution >= 4 is 17.6 Å². The molecule has 2 amide bonds. The number of halogens is 1. The molecular weight excluding hydrogens is 401 g/mol. The first-order valence-corrected chi connectivity index (χ1v) is 9.94. The molecule has 0 atom stereocenters. The van der Waals surface area contributed by atoms with Crippen molar-refractivity contribution in [3.63, 3.8) is 0 Å². The van der Waals surface area contributed by atoms with E-state index in [4.69, 9.17) is 15.2 Å². The van der Waals surface area contributed by atoms with E-state index < -0.39 is 11.7 Å². The number of nitrogens with two attached hydrogens (primary N) is 1. The molecule has 166 valence electrons. The van der Waals surface area contributed by atoms with E-state index in [0.29, 0.717) is 36.5 Å². The Morgan fingerprint density at radius 2 is 1.81 bits per heavy atom. The van der Waals surface area contributed by atoms with E-state index in [1.54, 1.807) is 25.3 Å². The lowest BCUT2D eigenvalue weighted by atomic mass is 9.99. The Morgan fingerprint density at radius 1 is 1.10 bits per heavy atom. The third kappa shape index (κ3) is 6.89. The molecule has 3 N–H and O–H groups in total. The zero-order chi connectivity index (χ0) is 23.0. The molecule has 0 spiro atoms. The Morgan fingerprint density at radius 3 is 2.45 bits per heavy atom. The number of carbonyl (C=O) groups excluding carboxylic acids is 2. The van der Waals surface area contributed by atoms with Crippen LogP contribution in [0.25, 0.3) is 11.1 Å². The fraction of sp³-hybridized carbons (Fsp3) is 0.348. The van der Waals surface area contributed by atoms with Crippen LogP contribution in [-0.2, 0) is 4.74 Å². The number of hydrogen-bond acceptors (Lipinski definition) is 4. The minimum absolute atomic E-state index is 0.0371. The molecule has 0 heterocycles. The predicted octanol–water partition coefficient (Wildman–Crippen LogP) is 3.56. The van der Waals surface area contributed by atoms with Crippen LogP contribution in [0.4, 0.5) is 4.39 Å². The standard InChI is InChI=1S/C23H28FN3O4/c1-14(2)26-22(28)17-6-8-18(21(13-17)31-11-5-10-30-4)19-12-16(7-9-20(19)24)23(29)27-15(3)25/h6-9,12-14H,5,10-11H2,1-4H3,(H,26,28)(H2,25,27,29). The molecule has 0 aliphatic carbocycles. The third-order valence-electron chi connectivity index (χ3n) is 4.20. The quantitative estimate of drug-likeness (QED) is 0.360. The van der Waals surface area contributed by atoms with E-state index in [9.17, 15) is 14.0 Å². The van der Waals surface area contributed by atoms with Crippen LogP contribution in [0.1, 0.15) is 47.9 Å². The second-order valence-corrected chi connectivity index (χ2v) is 7.29. The molecule has 0 saturated heterocycles. The summed E-state index contributed by atoms with van der Waals surface area (Å²) in [5.41, 5.74) is 6.63. The molecule has 0 bridgehead atoms. The molecule has 7 nitrogen and oxygen atoms in total. The Labute approximate surface area is 181 Å². The number of methoxy groups -OCH3 is 1. The number of hydrogen-bond donors (Lipinski definition) is 2. The number of benzene rings is 2. The van der Waals surface area contributed by atoms with Gasteiger partial charge in [-0.2, -0.15) is 4.99 Å². The van der Waals surface area contributed by atoms with Crippen molar-refractivity contribution < 1.29 is 23.5 Å². The highest BCUT2D eigenvalue weighted by Crippen LogP contribution is 2.34. The fourth-order valence-corrected chi connectivity index (χ4v) is 2.83. The summed E-state index contributed by atoms with van der Waals surface area (Å²) in [6.07, 6.45) is 0.615. The summed E-state index contributed by atoms with van der Waals surface area (Å²) in [7, 11) is 1.59. The van der Waals surface area contributed by atoms with Crippen LogP contribution in [0.5, 0.6) is 5.75 Å². The molecule has 2 aromatic carbocycles. The number of ether oxygens (including phenoxy) is 2. The van der Waals surface area contributed by atoms with Gasteiger partial charge in [-0.1, -0.05) is 0 Å². The van der Waals surface area contributed by atoms with Gasteiger partial charge in [-0.3, -0.25) is 9.59 Å². The molecule has 0 aliphatic heterocycles. The molecular formula is C23H28FN3O4. The molecule has 0 saturated carbocycles. The van der Waals surface area contributed by atoms with Crippen LogP contribution in [-0.4, -0.2) is 44.0 Å². The first-order valence-electron chi connectivity index (χ1n) is 9.94. The van der Waals surface area contributed by atoms with Crippen molar-refractivity contribution in [3.05, 3.63) is 53.3 Å². The van der Waals surface area contributed by atoms with Gasteiger partial charge in [-0.05, 0) is 57.2 Å². The number of carbonyl (C=O) groups is 2. The lowest BCUT2D eigenvalue weighted by Crippen LogP contribution is -2.30. The maximum Gasteiger partial charge on any atom is 0.278 e. The van der Waals surface area contributed by atoms with Crippen molar-refractivity contribution in [3.8, 4) is 16.9 Å². The van der Waals surface area contributed by atoms with Crippen LogP contribution in [0.2, 0.25) is 0 Å². The van der Waals surface area contributed by atoms with Gasteiger partial charge in [0.05, 0.1) is 6.61 Å². The van der Waals surface area contributed by atoms with Crippen LogP contribution >= 0.6 is 0 Å². The molecule has 31 heavy (non-hydrogen) atoms. The Kier molecular flexibility index (Phi) is 8.69. The lowest BCUT2D eigenvalue weighted by molar-refractivity contribution is 0.0941. The summed E-state index contributed by atoms with van der Waals surface area (Å²) in [6.45, 7) is 6.02. The van der Waals surface area contributed by atoms with Gasteiger partial charge in [-0.15, -0.1) is 0 Å². The highest BCUT2D eigenvalue weighted by Gasteiger charge is 2.17. The van der Waals surface area contributed by atoms with Crippen molar-refractivity contribution in [2.45, 2.75) is 33.2 Å². The molecule has 2 aromatic rings. The van der Waals surface area contributed by atoms with Gasteiger partial charge < -0.3 is 20.5 Å². The Balaban J connectivity index is 2.49. The Bertz CT molecular complexity index is 969. The molecule has 2 rings (SSSR count). The van der Waals surface area contributed by atoms with Crippen LogP contribution in [0.15, 0.2) is 41.4 Å². The topological polar surface area (TPSA) is 103 Å². The molecule has 0 radical (unpaired) electrons. The van der Waals surface area contributed by atoms with E-state index >= 15 is 0 Å². The minimum Gasteiger partial charge on any atom is -0.493 e. The van der Waals surface area contributed by atoms with Crippen LogP contribution in [0.3, 0.4) is 0 Å². The summed E-state index contributed by atoms with van der Waals surface area (Å²) in [5.74, 6) is -0.934. The van der Waals surface area contributed by atoms with Crippen molar-refractivity contribution in [1.29, 1.82) is 0 Å². The minimum atomic E-state index is -0.572. The van der Waals surface area contributed by atoms with E-state index in [1.165, 1.54) is 25.1 Å². The number of amidine groups is 1. The zero-order valence-electron chi connectivity index (χ0n) is 18.2. The fourth-order valence-electron chi connectivity index (χ4n) is 2.83. The van der Waals surface area contributed by atoms with E-state index in [2.05, 4.69) is 10.3 Å². The van der Waals surface area contributed by atoms with E-state index in [-0.39, 0.29) is 28.9 Å². The second kappa shape index (κ2) is 11.2. The largest absolute Gasteiger partial charge is 0.493 e. The molecule has 0 fully saturated rings. The number of nitrogens with one attached hydrogen (secondary N) is 1. The van der Waals surface area contributed by atoms with Gasteiger partial charge in [0.1, 0.15) is 17.4 Å². The average molecular weight is 429 g/mol. The predicted molar refractivity (Wildman–Crippen MR) is 118 cm³/mol. The molecule has 0 aliphatic rings. The van der Waals surface area contributed by atoms with E-state index in [1.807, 2.05) is 13.8 Å². The normalized spacial score (nSPS) is 11.5. The van der Waals surface area contributed by atoms with Crippen molar-refractivity contribution in [1.82, 2.24) is 5.32 Å². The van der Waals surface area contributed by atoms with Crippen molar-refractivity contribution in [2.24, 2.45) is 10.7 Å². The number of aliphatic imine (C=N–C) groups is 1. The SMILES string of the molecule is COCCCOc1cc(C(=O)NC(C)C)ccc1-c1cc(C(=O)N=C(C)N)ccc1F. The number of nitrogens with zero attached hydrogens (tertiary/aromatic N) is 1. The maximum absolute atomic E-state index is 14.7. The van der Waals surface area contributed by atoms with Gasteiger partial charge in [0.15, 0.2) is 0 Å². The summed E-state index contributed by atoms with van der Waals surface area (Å²) in [4.78, 5) is 28.4. The smallest absolute Gasteiger partial charge is 0.278 e. The highest BCUT2D eigenvalue weighted by atomic mass is 19.1. The number of rotatable bonds is 9. The molecule has 8 heteroatoms. The average Bonchev–Trinajstić information content (AvgIpc) is 2.70. The first-order chi connectivity index (χ1) is 14.7. The maximum atomic E-state index is 14.7. The van der Waals surface area contributed by atoms with Gasteiger partial charge >= 0.3 is 0 Å². The van der Waals surface area contributed by atoms with Gasteiger partial charge in [-0.25, -0.2) is 4.39 Å². The summed E-state index contributed by atoms with van der Waals surface area (Å²) >= 11 is 0. The lowest BCUT2D eigenvalue weighted by Gasteiger charge is -2.15. The summed E-state index contributed by atoms with van der Waals surface area (Å²) < 4.78 is 25.6. The molecule has 0 aromatic heterocycles. The number of amides is 2. The van der Waals surface area contributed by atoms with Gasteiger partial charge in [0.2, 0.25) is 0 Å². The summed E-state index contributed by atoms with van der Waals surface area (Å²) in [5, 5.41) is 2.82. The monoisotopic (exact) mass is 429 g/mol. The van der Waals surface area contributed by atoms with E-state index in [0.717, 1.165) is 0 Å². The van der Waals surface area contributed by atoms with Crippen LogP contribution < -0.4 is 15.8 Å². The second-order valence-electron chi connectivity index (χ2n) is 7.29. The van der Waals surface area contributed by atoms with Gasteiger partial charge in [0, 0.05) is 48.4 Å². The van der Waals surface area contributed by atoms with Gasteiger partial charge in [0.25, 0.3) is 11.8 Å². The van der Waals surface area contributed by atoms with Crippen molar-refractivity contribution in [2.75, 3.05) is 20.3 Å².